The lowest BCUT2D eigenvalue weighted by Crippen LogP contribution is -2.54. The third-order valence-electron chi connectivity index (χ3n) is 3.02. The van der Waals surface area contributed by atoms with E-state index in [4.69, 9.17) is 0 Å². The van der Waals surface area contributed by atoms with Gasteiger partial charge in [0.1, 0.15) is 0 Å². The highest BCUT2D eigenvalue weighted by Gasteiger charge is 2.19. The van der Waals surface area contributed by atoms with Crippen molar-refractivity contribution in [2.75, 3.05) is 32.7 Å². The summed E-state index contributed by atoms with van der Waals surface area (Å²) >= 11 is 0. The Morgan fingerprint density at radius 1 is 1.25 bits per heavy atom. The van der Waals surface area contributed by atoms with Crippen molar-refractivity contribution in [3.8, 4) is 0 Å². The van der Waals surface area contributed by atoms with Gasteiger partial charge in [0, 0.05) is 39.6 Å². The summed E-state index contributed by atoms with van der Waals surface area (Å²) < 4.78 is 0. The molecular weight excluding hydrogens is 202 g/mol. The van der Waals surface area contributed by atoms with Gasteiger partial charge in [-0.2, -0.15) is 0 Å². The summed E-state index contributed by atoms with van der Waals surface area (Å²) in [4.78, 5) is 11.6. The molecule has 0 spiro atoms. The summed E-state index contributed by atoms with van der Waals surface area (Å²) in [7, 11) is 0. The average molecular weight is 227 g/mol. The Balaban J connectivity index is 2.31. The summed E-state index contributed by atoms with van der Waals surface area (Å²) in [5.41, 5.74) is 0. The summed E-state index contributed by atoms with van der Waals surface area (Å²) in [6.45, 7) is 8.63. The van der Waals surface area contributed by atoms with Crippen LogP contribution in [0.15, 0.2) is 0 Å². The average Bonchev–Trinajstić information content (AvgIpc) is 2.30. The van der Waals surface area contributed by atoms with E-state index in [0.717, 1.165) is 39.1 Å². The number of rotatable bonds is 6. The molecule has 1 amide bonds. The lowest BCUT2D eigenvalue weighted by Gasteiger charge is -2.37. The minimum Gasteiger partial charge on any atom is -0.314 e. The lowest BCUT2D eigenvalue weighted by molar-refractivity contribution is -0.148. The molecule has 4 heteroatoms. The molecule has 1 rings (SSSR count). The number of carbonyl (C=O) groups excluding carboxylic acids is 1. The summed E-state index contributed by atoms with van der Waals surface area (Å²) in [5, 5.41) is 7.42. The Kier molecular flexibility index (Phi) is 6.42. The maximum atomic E-state index is 11.6. The number of hydrogen-bond acceptors (Lipinski definition) is 3. The standard InChI is InChI=1S/C12H25N3O/c1-3-4-5-6-9-15(12(2)16)14-10-7-13-8-11-14/h13H,3-11H2,1-2H3. The van der Waals surface area contributed by atoms with E-state index < -0.39 is 0 Å². The van der Waals surface area contributed by atoms with Crippen LogP contribution in [0, 0.1) is 0 Å². The van der Waals surface area contributed by atoms with Gasteiger partial charge in [-0.3, -0.25) is 9.80 Å². The number of amides is 1. The van der Waals surface area contributed by atoms with Crippen LogP contribution < -0.4 is 5.32 Å². The normalized spacial score (nSPS) is 17.4. The predicted molar refractivity (Wildman–Crippen MR) is 66.0 cm³/mol. The fourth-order valence-electron chi connectivity index (χ4n) is 2.08. The van der Waals surface area contributed by atoms with Crippen LogP contribution in [0.25, 0.3) is 0 Å². The topological polar surface area (TPSA) is 35.6 Å². The summed E-state index contributed by atoms with van der Waals surface area (Å²) in [6.07, 6.45) is 4.87. The van der Waals surface area contributed by atoms with Gasteiger partial charge in [0.2, 0.25) is 5.91 Å². The number of nitrogens with zero attached hydrogens (tertiary/aromatic N) is 2. The number of carbonyl (C=O) groups is 1. The maximum Gasteiger partial charge on any atom is 0.233 e. The molecule has 16 heavy (non-hydrogen) atoms. The van der Waals surface area contributed by atoms with Crippen LogP contribution in [0.5, 0.6) is 0 Å². The van der Waals surface area contributed by atoms with Gasteiger partial charge in [-0.25, -0.2) is 5.01 Å². The van der Waals surface area contributed by atoms with Crippen LogP contribution in [0.1, 0.15) is 39.5 Å². The number of piperazine rings is 1. The molecule has 0 radical (unpaired) electrons. The van der Waals surface area contributed by atoms with Crippen LogP contribution in [-0.2, 0) is 4.79 Å². The molecule has 1 aliphatic heterocycles. The minimum absolute atomic E-state index is 0.179. The molecule has 1 saturated heterocycles. The van der Waals surface area contributed by atoms with Crippen molar-refractivity contribution in [2.45, 2.75) is 39.5 Å². The van der Waals surface area contributed by atoms with Gasteiger partial charge in [0.15, 0.2) is 0 Å². The first kappa shape index (κ1) is 13.5. The molecule has 0 aliphatic carbocycles. The van der Waals surface area contributed by atoms with Crippen molar-refractivity contribution >= 4 is 5.91 Å². The number of hydrogen-bond donors (Lipinski definition) is 1. The van der Waals surface area contributed by atoms with Crippen LogP contribution in [0.3, 0.4) is 0 Å². The Bertz CT molecular complexity index is 202. The molecule has 0 aromatic carbocycles. The minimum atomic E-state index is 0.179. The van der Waals surface area contributed by atoms with E-state index in [1.165, 1.54) is 19.3 Å². The lowest BCUT2D eigenvalue weighted by atomic mass is 10.2. The number of nitrogens with one attached hydrogen (secondary N) is 1. The van der Waals surface area contributed by atoms with Crippen molar-refractivity contribution in [1.82, 2.24) is 15.3 Å². The van der Waals surface area contributed by atoms with E-state index in [1.807, 2.05) is 5.01 Å². The highest BCUT2D eigenvalue weighted by molar-refractivity contribution is 5.72. The Labute approximate surface area is 98.9 Å². The quantitative estimate of drug-likeness (QED) is 0.693. The van der Waals surface area contributed by atoms with Gasteiger partial charge in [-0.1, -0.05) is 26.2 Å². The first-order chi connectivity index (χ1) is 7.75. The van der Waals surface area contributed by atoms with E-state index >= 15 is 0 Å². The molecule has 94 valence electrons. The molecule has 0 saturated carbocycles. The first-order valence-corrected chi connectivity index (χ1v) is 6.49. The molecular formula is C12H25N3O. The van der Waals surface area contributed by atoms with Gasteiger partial charge in [-0.05, 0) is 6.42 Å². The van der Waals surface area contributed by atoms with Gasteiger partial charge in [-0.15, -0.1) is 0 Å². The number of unbranched alkanes of at least 4 members (excludes halogenated alkanes) is 3. The molecule has 1 aliphatic rings. The van der Waals surface area contributed by atoms with Crippen LogP contribution >= 0.6 is 0 Å². The molecule has 0 atom stereocenters. The smallest absolute Gasteiger partial charge is 0.233 e. The molecule has 0 aromatic heterocycles. The molecule has 0 bridgehead atoms. The van der Waals surface area contributed by atoms with Crippen LogP contribution in [-0.4, -0.2) is 48.6 Å². The van der Waals surface area contributed by atoms with Gasteiger partial charge in [0.25, 0.3) is 0 Å². The maximum absolute atomic E-state index is 11.6. The Morgan fingerprint density at radius 2 is 1.94 bits per heavy atom. The summed E-state index contributed by atoms with van der Waals surface area (Å²) in [5.74, 6) is 0.179. The third-order valence-corrected chi connectivity index (χ3v) is 3.02. The van der Waals surface area contributed by atoms with Crippen molar-refractivity contribution in [1.29, 1.82) is 0 Å². The molecule has 1 heterocycles. The van der Waals surface area contributed by atoms with Crippen LogP contribution in [0.2, 0.25) is 0 Å². The number of hydrazine groups is 1. The van der Waals surface area contributed by atoms with E-state index in [-0.39, 0.29) is 5.91 Å². The zero-order valence-corrected chi connectivity index (χ0v) is 10.7. The fourth-order valence-corrected chi connectivity index (χ4v) is 2.08. The van der Waals surface area contributed by atoms with E-state index in [0.29, 0.717) is 0 Å². The fraction of sp³-hybridized carbons (Fsp3) is 0.917. The van der Waals surface area contributed by atoms with Gasteiger partial charge >= 0.3 is 0 Å². The monoisotopic (exact) mass is 227 g/mol. The van der Waals surface area contributed by atoms with Crippen molar-refractivity contribution in [3.63, 3.8) is 0 Å². The second-order valence-electron chi connectivity index (χ2n) is 4.41. The van der Waals surface area contributed by atoms with Crippen molar-refractivity contribution in [2.24, 2.45) is 0 Å². The largest absolute Gasteiger partial charge is 0.314 e. The second kappa shape index (κ2) is 7.63. The molecule has 4 nitrogen and oxygen atoms in total. The molecule has 1 fully saturated rings. The Hall–Kier alpha value is -0.610. The van der Waals surface area contributed by atoms with Gasteiger partial charge < -0.3 is 5.32 Å². The molecule has 0 aromatic rings. The molecule has 0 unspecified atom stereocenters. The Morgan fingerprint density at radius 3 is 2.50 bits per heavy atom. The van der Waals surface area contributed by atoms with Crippen molar-refractivity contribution < 1.29 is 4.79 Å². The van der Waals surface area contributed by atoms with E-state index in [1.54, 1.807) is 6.92 Å². The second-order valence-corrected chi connectivity index (χ2v) is 4.41. The van der Waals surface area contributed by atoms with E-state index in [2.05, 4.69) is 17.2 Å². The van der Waals surface area contributed by atoms with E-state index in [9.17, 15) is 4.79 Å². The first-order valence-electron chi connectivity index (χ1n) is 6.49. The van der Waals surface area contributed by atoms with Crippen LogP contribution in [0.4, 0.5) is 0 Å². The predicted octanol–water partition coefficient (Wildman–Crippen LogP) is 1.24. The van der Waals surface area contributed by atoms with Gasteiger partial charge in [0.05, 0.1) is 0 Å². The molecule has 1 N–H and O–H groups in total. The SMILES string of the molecule is CCCCCCN(C(C)=O)N1CCNCC1. The third kappa shape index (κ3) is 4.49. The highest BCUT2D eigenvalue weighted by atomic mass is 16.2. The highest BCUT2D eigenvalue weighted by Crippen LogP contribution is 2.06. The van der Waals surface area contributed by atoms with Crippen molar-refractivity contribution in [3.05, 3.63) is 0 Å². The zero-order valence-electron chi connectivity index (χ0n) is 10.7. The summed E-state index contributed by atoms with van der Waals surface area (Å²) in [6, 6.07) is 0. The zero-order chi connectivity index (χ0) is 11.8.